The number of aryl methyl sites for hydroxylation is 3. The Morgan fingerprint density at radius 1 is 1.33 bits per heavy atom. The van der Waals surface area contributed by atoms with Crippen LogP contribution in [0, 0.1) is 13.8 Å². The van der Waals surface area contributed by atoms with E-state index in [1.54, 1.807) is 11.8 Å². The molecule has 0 bridgehead atoms. The van der Waals surface area contributed by atoms with Gasteiger partial charge in [0, 0.05) is 23.6 Å². The molecule has 21 heavy (non-hydrogen) atoms. The van der Waals surface area contributed by atoms with Crippen LogP contribution in [0.5, 0.6) is 0 Å². The van der Waals surface area contributed by atoms with E-state index in [0.29, 0.717) is 12.2 Å². The van der Waals surface area contributed by atoms with Crippen LogP contribution < -0.4 is 0 Å². The molecule has 0 aliphatic heterocycles. The Labute approximate surface area is 138 Å². The van der Waals surface area contributed by atoms with Gasteiger partial charge in [-0.15, -0.1) is 11.8 Å². The second kappa shape index (κ2) is 7.47. The first kappa shape index (κ1) is 16.6. The maximum Gasteiger partial charge on any atom is 0.0738 e. The fourth-order valence-electron chi connectivity index (χ4n) is 2.25. The van der Waals surface area contributed by atoms with Gasteiger partial charge in [-0.25, -0.2) is 0 Å². The molecule has 0 saturated carbocycles. The number of halogens is 1. The molecular formula is C16H21BrN2OS. The molecule has 0 fully saturated rings. The lowest BCUT2D eigenvalue weighted by Gasteiger charge is -2.13. The van der Waals surface area contributed by atoms with Crippen LogP contribution in [0.25, 0.3) is 0 Å². The SMILES string of the molecule is CCn1nc(C)c(Br)c1CC(O)CSc1ccccc1C. The summed E-state index contributed by atoms with van der Waals surface area (Å²) in [7, 11) is 0. The molecule has 1 unspecified atom stereocenters. The molecule has 0 aliphatic carbocycles. The molecule has 1 atom stereocenters. The minimum absolute atomic E-state index is 0.382. The molecule has 0 amide bonds. The lowest BCUT2D eigenvalue weighted by molar-refractivity contribution is 0.196. The summed E-state index contributed by atoms with van der Waals surface area (Å²) < 4.78 is 2.98. The van der Waals surface area contributed by atoms with E-state index in [1.807, 2.05) is 23.7 Å². The van der Waals surface area contributed by atoms with E-state index in [0.717, 1.165) is 22.4 Å². The van der Waals surface area contributed by atoms with Gasteiger partial charge in [0.05, 0.1) is 22.0 Å². The number of benzene rings is 1. The first-order valence-corrected chi connectivity index (χ1v) is 8.89. The van der Waals surface area contributed by atoms with Crippen molar-refractivity contribution in [3.8, 4) is 0 Å². The van der Waals surface area contributed by atoms with Crippen molar-refractivity contribution in [3.05, 3.63) is 45.7 Å². The van der Waals surface area contributed by atoms with Gasteiger partial charge in [-0.2, -0.15) is 5.10 Å². The zero-order chi connectivity index (χ0) is 15.4. The summed E-state index contributed by atoms with van der Waals surface area (Å²) in [6.07, 6.45) is 0.237. The Balaban J connectivity index is 1.99. The average molecular weight is 369 g/mol. The molecule has 2 aromatic rings. The topological polar surface area (TPSA) is 38.0 Å². The van der Waals surface area contributed by atoms with Crippen LogP contribution in [0.2, 0.25) is 0 Å². The Hall–Kier alpha value is -0.780. The minimum Gasteiger partial charge on any atom is -0.392 e. The summed E-state index contributed by atoms with van der Waals surface area (Å²) in [4.78, 5) is 1.23. The van der Waals surface area contributed by atoms with Crippen molar-refractivity contribution in [2.45, 2.75) is 44.7 Å². The van der Waals surface area contributed by atoms with E-state index in [2.05, 4.69) is 47.0 Å². The van der Waals surface area contributed by atoms with E-state index in [4.69, 9.17) is 0 Å². The van der Waals surface area contributed by atoms with Crippen molar-refractivity contribution in [2.75, 3.05) is 5.75 Å². The van der Waals surface area contributed by atoms with Crippen LogP contribution in [0.4, 0.5) is 0 Å². The Morgan fingerprint density at radius 2 is 2.05 bits per heavy atom. The van der Waals surface area contributed by atoms with Crippen LogP contribution in [0.1, 0.15) is 23.9 Å². The largest absolute Gasteiger partial charge is 0.392 e. The Morgan fingerprint density at radius 3 is 2.71 bits per heavy atom. The predicted molar refractivity (Wildman–Crippen MR) is 92.0 cm³/mol. The first-order chi connectivity index (χ1) is 10.0. The molecule has 1 heterocycles. The van der Waals surface area contributed by atoms with Crippen molar-refractivity contribution in [1.82, 2.24) is 9.78 Å². The van der Waals surface area contributed by atoms with Crippen molar-refractivity contribution < 1.29 is 5.11 Å². The van der Waals surface area contributed by atoms with Gasteiger partial charge in [0.15, 0.2) is 0 Å². The number of aliphatic hydroxyl groups excluding tert-OH is 1. The highest BCUT2D eigenvalue weighted by Crippen LogP contribution is 2.26. The quantitative estimate of drug-likeness (QED) is 0.783. The smallest absolute Gasteiger partial charge is 0.0738 e. The van der Waals surface area contributed by atoms with Crippen LogP contribution in [-0.4, -0.2) is 26.7 Å². The number of rotatable bonds is 6. The second-order valence-corrected chi connectivity index (χ2v) is 6.95. The van der Waals surface area contributed by atoms with Gasteiger partial charge >= 0.3 is 0 Å². The number of thioether (sulfide) groups is 1. The van der Waals surface area contributed by atoms with Crippen LogP contribution in [-0.2, 0) is 13.0 Å². The van der Waals surface area contributed by atoms with Gasteiger partial charge in [0.2, 0.25) is 0 Å². The van der Waals surface area contributed by atoms with Crippen LogP contribution in [0.3, 0.4) is 0 Å². The second-order valence-electron chi connectivity index (χ2n) is 5.10. The molecule has 0 saturated heterocycles. The molecule has 114 valence electrons. The summed E-state index contributed by atoms with van der Waals surface area (Å²) in [5.41, 5.74) is 3.31. The maximum absolute atomic E-state index is 10.3. The van der Waals surface area contributed by atoms with Gasteiger partial charge in [0.1, 0.15) is 0 Å². The highest BCUT2D eigenvalue weighted by Gasteiger charge is 2.16. The summed E-state index contributed by atoms with van der Waals surface area (Å²) in [5, 5.41) is 14.8. The van der Waals surface area contributed by atoms with E-state index >= 15 is 0 Å². The third-order valence-electron chi connectivity index (χ3n) is 3.41. The number of nitrogens with zero attached hydrogens (tertiary/aromatic N) is 2. The van der Waals surface area contributed by atoms with Crippen molar-refractivity contribution >= 4 is 27.7 Å². The van der Waals surface area contributed by atoms with Gasteiger partial charge < -0.3 is 5.11 Å². The molecule has 2 rings (SSSR count). The summed E-state index contributed by atoms with van der Waals surface area (Å²) in [6, 6.07) is 8.27. The lowest BCUT2D eigenvalue weighted by atomic mass is 10.2. The predicted octanol–water partition coefficient (Wildman–Crippen LogP) is 3.98. The van der Waals surface area contributed by atoms with Crippen molar-refractivity contribution in [2.24, 2.45) is 0 Å². The van der Waals surface area contributed by atoms with E-state index < -0.39 is 0 Å². The number of hydrogen-bond donors (Lipinski definition) is 1. The van der Waals surface area contributed by atoms with Gasteiger partial charge in [-0.3, -0.25) is 4.68 Å². The van der Waals surface area contributed by atoms with E-state index in [1.165, 1.54) is 10.5 Å². The molecule has 3 nitrogen and oxygen atoms in total. The minimum atomic E-state index is -0.382. The number of hydrogen-bond acceptors (Lipinski definition) is 3. The monoisotopic (exact) mass is 368 g/mol. The zero-order valence-corrected chi connectivity index (χ0v) is 15.0. The van der Waals surface area contributed by atoms with Crippen LogP contribution >= 0.6 is 27.7 Å². The molecule has 0 spiro atoms. The van der Waals surface area contributed by atoms with Crippen molar-refractivity contribution in [1.29, 1.82) is 0 Å². The summed E-state index contributed by atoms with van der Waals surface area (Å²) >= 11 is 5.28. The first-order valence-electron chi connectivity index (χ1n) is 7.11. The number of aliphatic hydroxyl groups is 1. The number of aromatic nitrogens is 2. The molecule has 1 aromatic heterocycles. The van der Waals surface area contributed by atoms with Gasteiger partial charge in [-0.1, -0.05) is 18.2 Å². The molecule has 0 radical (unpaired) electrons. The molecule has 5 heteroatoms. The molecular weight excluding hydrogens is 348 g/mol. The summed E-state index contributed by atoms with van der Waals surface area (Å²) in [6.45, 7) is 6.96. The third kappa shape index (κ3) is 4.11. The fraction of sp³-hybridized carbons (Fsp3) is 0.438. The zero-order valence-electron chi connectivity index (χ0n) is 12.6. The lowest BCUT2D eigenvalue weighted by Crippen LogP contribution is -2.17. The Kier molecular flexibility index (Phi) is 5.90. The van der Waals surface area contributed by atoms with E-state index in [-0.39, 0.29) is 6.10 Å². The highest BCUT2D eigenvalue weighted by atomic mass is 79.9. The van der Waals surface area contributed by atoms with E-state index in [9.17, 15) is 5.11 Å². The highest BCUT2D eigenvalue weighted by molar-refractivity contribution is 9.10. The van der Waals surface area contributed by atoms with Gasteiger partial charge in [-0.05, 0) is 48.3 Å². The Bertz CT molecular complexity index is 612. The standard InChI is InChI=1S/C16H21BrN2OS/c1-4-19-14(16(17)12(3)18-19)9-13(20)10-21-15-8-6-5-7-11(15)2/h5-8,13,20H,4,9-10H2,1-3H3. The summed E-state index contributed by atoms with van der Waals surface area (Å²) in [5.74, 6) is 0.686. The maximum atomic E-state index is 10.3. The van der Waals surface area contributed by atoms with Crippen molar-refractivity contribution in [3.63, 3.8) is 0 Å². The normalized spacial score (nSPS) is 12.6. The fourth-order valence-corrected chi connectivity index (χ4v) is 3.66. The average Bonchev–Trinajstić information content (AvgIpc) is 2.74. The molecule has 1 N–H and O–H groups in total. The van der Waals surface area contributed by atoms with Crippen LogP contribution in [0.15, 0.2) is 33.6 Å². The third-order valence-corrected chi connectivity index (χ3v) is 5.76. The van der Waals surface area contributed by atoms with Gasteiger partial charge in [0.25, 0.3) is 0 Å². The molecule has 1 aromatic carbocycles. The molecule has 0 aliphatic rings.